The summed E-state index contributed by atoms with van der Waals surface area (Å²) in [5.41, 5.74) is -1.03. The van der Waals surface area contributed by atoms with E-state index in [9.17, 15) is 18.0 Å². The van der Waals surface area contributed by atoms with Crippen LogP contribution in [0.3, 0.4) is 0 Å². The minimum absolute atomic E-state index is 0.0164. The number of anilines is 1. The van der Waals surface area contributed by atoms with Gasteiger partial charge < -0.3 is 5.32 Å². The molecule has 0 fully saturated rings. The molecule has 1 N–H and O–H groups in total. The lowest BCUT2D eigenvalue weighted by Crippen LogP contribution is -2.14. The fourth-order valence-corrected chi connectivity index (χ4v) is 1.57. The molecule has 2 heterocycles. The summed E-state index contributed by atoms with van der Waals surface area (Å²) in [7, 11) is 0. The molecule has 0 aliphatic rings. The molecule has 0 spiro atoms. The van der Waals surface area contributed by atoms with Gasteiger partial charge >= 0.3 is 6.18 Å². The number of hydrogen-bond acceptors (Lipinski definition) is 3. The van der Waals surface area contributed by atoms with Gasteiger partial charge in [-0.05, 0) is 40.2 Å². The van der Waals surface area contributed by atoms with E-state index in [1.165, 1.54) is 6.20 Å². The monoisotopic (exact) mass is 345 g/mol. The number of nitrogens with one attached hydrogen (secondary N) is 1. The molecule has 104 valence electrons. The number of alkyl halides is 3. The van der Waals surface area contributed by atoms with Crippen molar-refractivity contribution >= 4 is 27.7 Å². The minimum atomic E-state index is -4.53. The van der Waals surface area contributed by atoms with Crippen LogP contribution in [0.25, 0.3) is 0 Å². The Morgan fingerprint density at radius 3 is 2.35 bits per heavy atom. The van der Waals surface area contributed by atoms with Crippen molar-refractivity contribution in [2.24, 2.45) is 0 Å². The molecule has 4 nitrogen and oxygen atoms in total. The van der Waals surface area contributed by atoms with Crippen molar-refractivity contribution in [2.45, 2.75) is 6.18 Å². The SMILES string of the molecule is O=C(Nc1ccc(Br)cn1)c1ccc(C(F)(F)F)nc1. The number of hydrogen-bond donors (Lipinski definition) is 1. The summed E-state index contributed by atoms with van der Waals surface area (Å²) in [5.74, 6) is -0.292. The van der Waals surface area contributed by atoms with E-state index in [0.717, 1.165) is 22.8 Å². The molecule has 20 heavy (non-hydrogen) atoms. The molecule has 0 aromatic carbocycles. The van der Waals surface area contributed by atoms with Crippen molar-refractivity contribution in [1.82, 2.24) is 9.97 Å². The Balaban J connectivity index is 2.11. The molecule has 8 heteroatoms. The lowest BCUT2D eigenvalue weighted by atomic mass is 10.2. The maximum Gasteiger partial charge on any atom is 0.433 e. The maximum absolute atomic E-state index is 12.3. The van der Waals surface area contributed by atoms with Crippen molar-refractivity contribution in [2.75, 3.05) is 5.32 Å². The first-order valence-electron chi connectivity index (χ1n) is 5.32. The van der Waals surface area contributed by atoms with E-state index < -0.39 is 17.8 Å². The van der Waals surface area contributed by atoms with Gasteiger partial charge in [-0.1, -0.05) is 0 Å². The van der Waals surface area contributed by atoms with Crippen molar-refractivity contribution in [1.29, 1.82) is 0 Å². The second kappa shape index (κ2) is 5.58. The molecule has 2 aromatic rings. The summed E-state index contributed by atoms with van der Waals surface area (Å²) >= 11 is 3.19. The number of carbonyl (C=O) groups excluding carboxylic acids is 1. The Labute approximate surface area is 120 Å². The normalized spacial score (nSPS) is 11.2. The van der Waals surface area contributed by atoms with Crippen LogP contribution in [0, 0.1) is 0 Å². The van der Waals surface area contributed by atoms with Gasteiger partial charge in [0.1, 0.15) is 11.5 Å². The van der Waals surface area contributed by atoms with Crippen LogP contribution in [0.1, 0.15) is 16.1 Å². The van der Waals surface area contributed by atoms with Crippen LogP contribution in [-0.4, -0.2) is 15.9 Å². The number of amides is 1. The zero-order valence-electron chi connectivity index (χ0n) is 9.78. The van der Waals surface area contributed by atoms with E-state index >= 15 is 0 Å². The molecule has 0 aliphatic heterocycles. The third kappa shape index (κ3) is 3.53. The largest absolute Gasteiger partial charge is 0.433 e. The fourth-order valence-electron chi connectivity index (χ4n) is 1.33. The molecule has 0 saturated carbocycles. The summed E-state index contributed by atoms with van der Waals surface area (Å²) < 4.78 is 37.7. The first kappa shape index (κ1) is 14.4. The Bertz CT molecular complexity index is 611. The van der Waals surface area contributed by atoms with Gasteiger partial charge in [-0.3, -0.25) is 9.78 Å². The highest BCUT2D eigenvalue weighted by molar-refractivity contribution is 9.10. The molecule has 0 atom stereocenters. The molecule has 2 rings (SSSR count). The Morgan fingerprint density at radius 1 is 1.10 bits per heavy atom. The topological polar surface area (TPSA) is 54.9 Å². The van der Waals surface area contributed by atoms with Gasteiger partial charge in [-0.15, -0.1) is 0 Å². The molecule has 0 saturated heterocycles. The van der Waals surface area contributed by atoms with Crippen LogP contribution >= 0.6 is 15.9 Å². The predicted molar refractivity (Wildman–Crippen MR) is 69.1 cm³/mol. The van der Waals surface area contributed by atoms with Gasteiger partial charge in [0.2, 0.25) is 0 Å². The molecule has 0 radical (unpaired) electrons. The van der Waals surface area contributed by atoms with Crippen LogP contribution in [0.2, 0.25) is 0 Å². The minimum Gasteiger partial charge on any atom is -0.307 e. The summed E-state index contributed by atoms with van der Waals surface area (Å²) in [6.45, 7) is 0. The summed E-state index contributed by atoms with van der Waals surface area (Å²) in [6, 6.07) is 5.04. The van der Waals surface area contributed by atoms with Crippen LogP contribution in [0.4, 0.5) is 19.0 Å². The van der Waals surface area contributed by atoms with E-state index in [1.807, 2.05) is 0 Å². The van der Waals surface area contributed by atoms with Crippen molar-refractivity contribution in [3.63, 3.8) is 0 Å². The fraction of sp³-hybridized carbons (Fsp3) is 0.0833. The first-order chi connectivity index (χ1) is 9.36. The molecule has 0 unspecified atom stereocenters. The van der Waals surface area contributed by atoms with E-state index in [0.29, 0.717) is 0 Å². The van der Waals surface area contributed by atoms with Crippen LogP contribution in [0.15, 0.2) is 41.1 Å². The molecule has 0 bridgehead atoms. The molecule has 1 amide bonds. The lowest BCUT2D eigenvalue weighted by molar-refractivity contribution is -0.141. The van der Waals surface area contributed by atoms with Crippen molar-refractivity contribution in [3.05, 3.63) is 52.4 Å². The quantitative estimate of drug-likeness (QED) is 0.906. The molecular formula is C12H7BrF3N3O. The van der Waals surface area contributed by atoms with Crippen molar-refractivity contribution in [3.8, 4) is 0 Å². The lowest BCUT2D eigenvalue weighted by Gasteiger charge is -2.07. The number of halogens is 4. The maximum atomic E-state index is 12.3. The smallest absolute Gasteiger partial charge is 0.307 e. The predicted octanol–water partition coefficient (Wildman–Crippen LogP) is 3.51. The highest BCUT2D eigenvalue weighted by Gasteiger charge is 2.32. The Hall–Kier alpha value is -1.96. The summed E-state index contributed by atoms with van der Waals surface area (Å²) in [4.78, 5) is 18.9. The third-order valence-electron chi connectivity index (χ3n) is 2.29. The standard InChI is InChI=1S/C12H7BrF3N3O/c13-8-2-4-10(18-6-8)19-11(20)7-1-3-9(17-5-7)12(14,15)16/h1-6H,(H,18,19,20). The van der Waals surface area contributed by atoms with Gasteiger partial charge in [0.15, 0.2) is 0 Å². The van der Waals surface area contributed by atoms with Gasteiger partial charge in [0.05, 0.1) is 5.56 Å². The number of nitrogens with zero attached hydrogens (tertiary/aromatic N) is 2. The van der Waals surface area contributed by atoms with Gasteiger partial charge in [0.25, 0.3) is 5.91 Å². The van der Waals surface area contributed by atoms with E-state index in [2.05, 4.69) is 31.2 Å². The first-order valence-corrected chi connectivity index (χ1v) is 6.12. The third-order valence-corrected chi connectivity index (χ3v) is 2.75. The summed E-state index contributed by atoms with van der Waals surface area (Å²) in [5, 5.41) is 2.45. The van der Waals surface area contributed by atoms with Gasteiger partial charge in [-0.2, -0.15) is 13.2 Å². The van der Waals surface area contributed by atoms with Crippen LogP contribution in [-0.2, 0) is 6.18 Å². The van der Waals surface area contributed by atoms with Crippen LogP contribution < -0.4 is 5.32 Å². The highest BCUT2D eigenvalue weighted by atomic mass is 79.9. The number of pyridine rings is 2. The van der Waals surface area contributed by atoms with E-state index in [-0.39, 0.29) is 11.4 Å². The van der Waals surface area contributed by atoms with E-state index in [4.69, 9.17) is 0 Å². The Morgan fingerprint density at radius 2 is 1.85 bits per heavy atom. The second-order valence-electron chi connectivity index (χ2n) is 3.75. The zero-order valence-corrected chi connectivity index (χ0v) is 11.4. The molecular weight excluding hydrogens is 339 g/mol. The zero-order chi connectivity index (χ0) is 14.8. The highest BCUT2D eigenvalue weighted by Crippen LogP contribution is 2.27. The Kier molecular flexibility index (Phi) is 4.03. The average molecular weight is 346 g/mol. The number of carbonyl (C=O) groups is 1. The molecule has 2 aromatic heterocycles. The molecule has 0 aliphatic carbocycles. The van der Waals surface area contributed by atoms with Gasteiger partial charge in [-0.25, -0.2) is 4.98 Å². The summed E-state index contributed by atoms with van der Waals surface area (Å²) in [6.07, 6.45) is -2.17. The van der Waals surface area contributed by atoms with E-state index in [1.54, 1.807) is 12.1 Å². The average Bonchev–Trinajstić information content (AvgIpc) is 2.40. The number of rotatable bonds is 2. The second-order valence-corrected chi connectivity index (χ2v) is 4.66. The van der Waals surface area contributed by atoms with Crippen molar-refractivity contribution < 1.29 is 18.0 Å². The van der Waals surface area contributed by atoms with Gasteiger partial charge in [0, 0.05) is 16.9 Å². The van der Waals surface area contributed by atoms with Crippen LogP contribution in [0.5, 0.6) is 0 Å². The number of aromatic nitrogens is 2.